The van der Waals surface area contributed by atoms with E-state index in [9.17, 15) is 13.6 Å². The van der Waals surface area contributed by atoms with E-state index < -0.39 is 6.61 Å². The molecule has 0 aromatic heterocycles. The average molecular weight is 298 g/mol. The van der Waals surface area contributed by atoms with Crippen molar-refractivity contribution in [2.45, 2.75) is 32.8 Å². The van der Waals surface area contributed by atoms with Crippen molar-refractivity contribution in [3.63, 3.8) is 0 Å². The summed E-state index contributed by atoms with van der Waals surface area (Å²) in [5.41, 5.74) is 0.219. The lowest BCUT2D eigenvalue weighted by Gasteiger charge is -2.26. The van der Waals surface area contributed by atoms with Gasteiger partial charge in [-0.05, 0) is 43.7 Å². The number of hydrogen-bond donors (Lipinski definition) is 2. The standard InChI is InChI=1S/C15H20F2N2O2/c1-2-7-15(8-9-18-10-15)13(20)19-11-3-5-12(6-4-11)21-14(16)17/h3-6,14,18H,2,7-10H2,1H3,(H,19,20). The normalized spacial score (nSPS) is 21.5. The molecule has 0 saturated carbocycles. The van der Waals surface area contributed by atoms with Gasteiger partial charge in [-0.3, -0.25) is 4.79 Å². The third kappa shape index (κ3) is 3.91. The lowest BCUT2D eigenvalue weighted by Crippen LogP contribution is -2.38. The molecule has 6 heteroatoms. The summed E-state index contributed by atoms with van der Waals surface area (Å²) in [6.45, 7) is 0.736. The molecular formula is C15H20F2N2O2. The second-order valence-corrected chi connectivity index (χ2v) is 5.31. The summed E-state index contributed by atoms with van der Waals surface area (Å²) in [6.07, 6.45) is 2.59. The number of amides is 1. The monoisotopic (exact) mass is 298 g/mol. The number of alkyl halides is 2. The zero-order valence-corrected chi connectivity index (χ0v) is 12.0. The van der Waals surface area contributed by atoms with Crippen LogP contribution < -0.4 is 15.4 Å². The molecule has 0 spiro atoms. The van der Waals surface area contributed by atoms with Gasteiger partial charge in [0.15, 0.2) is 0 Å². The molecule has 1 atom stereocenters. The SMILES string of the molecule is CCCC1(C(=O)Nc2ccc(OC(F)F)cc2)CCNC1. The molecule has 2 rings (SSSR count). The second kappa shape index (κ2) is 6.85. The van der Waals surface area contributed by atoms with E-state index in [4.69, 9.17) is 0 Å². The molecule has 116 valence electrons. The van der Waals surface area contributed by atoms with E-state index in [1.165, 1.54) is 12.1 Å². The number of carbonyl (C=O) groups excluding carboxylic acids is 1. The molecule has 0 radical (unpaired) electrons. The number of halogens is 2. The van der Waals surface area contributed by atoms with Gasteiger partial charge in [-0.1, -0.05) is 13.3 Å². The average Bonchev–Trinajstić information content (AvgIpc) is 2.91. The van der Waals surface area contributed by atoms with E-state index in [0.717, 1.165) is 25.8 Å². The van der Waals surface area contributed by atoms with Crippen molar-refractivity contribution in [3.05, 3.63) is 24.3 Å². The molecule has 1 aliphatic rings. The first-order valence-electron chi connectivity index (χ1n) is 7.13. The van der Waals surface area contributed by atoms with Crippen LogP contribution >= 0.6 is 0 Å². The van der Waals surface area contributed by atoms with Gasteiger partial charge in [0.25, 0.3) is 0 Å². The molecular weight excluding hydrogens is 278 g/mol. The van der Waals surface area contributed by atoms with Crippen molar-refractivity contribution in [2.75, 3.05) is 18.4 Å². The molecule has 1 saturated heterocycles. The van der Waals surface area contributed by atoms with Gasteiger partial charge in [-0.25, -0.2) is 0 Å². The maximum atomic E-state index is 12.5. The predicted molar refractivity (Wildman–Crippen MR) is 76.5 cm³/mol. The molecule has 1 fully saturated rings. The van der Waals surface area contributed by atoms with Crippen molar-refractivity contribution in [2.24, 2.45) is 5.41 Å². The Bertz CT molecular complexity index is 471. The Kier molecular flexibility index (Phi) is 5.12. The molecule has 2 N–H and O–H groups in total. The Morgan fingerprint density at radius 3 is 2.67 bits per heavy atom. The Labute approximate surface area is 122 Å². The van der Waals surface area contributed by atoms with Gasteiger partial charge < -0.3 is 15.4 Å². The fourth-order valence-electron chi connectivity index (χ4n) is 2.73. The minimum Gasteiger partial charge on any atom is -0.435 e. The highest BCUT2D eigenvalue weighted by Crippen LogP contribution is 2.32. The quantitative estimate of drug-likeness (QED) is 0.849. The largest absolute Gasteiger partial charge is 0.435 e. The number of anilines is 1. The van der Waals surface area contributed by atoms with Gasteiger partial charge >= 0.3 is 6.61 Å². The smallest absolute Gasteiger partial charge is 0.387 e. The van der Waals surface area contributed by atoms with E-state index in [-0.39, 0.29) is 17.1 Å². The zero-order chi connectivity index (χ0) is 15.3. The Balaban J connectivity index is 2.01. The topological polar surface area (TPSA) is 50.4 Å². The highest BCUT2D eigenvalue weighted by Gasteiger charge is 2.40. The van der Waals surface area contributed by atoms with E-state index in [2.05, 4.69) is 22.3 Å². The van der Waals surface area contributed by atoms with Gasteiger partial charge in [0.2, 0.25) is 5.91 Å². The number of nitrogens with one attached hydrogen (secondary N) is 2. The van der Waals surface area contributed by atoms with Crippen LogP contribution in [0.15, 0.2) is 24.3 Å². The van der Waals surface area contributed by atoms with Gasteiger partial charge in [0, 0.05) is 12.2 Å². The lowest BCUT2D eigenvalue weighted by molar-refractivity contribution is -0.125. The predicted octanol–water partition coefficient (Wildman–Crippen LogP) is 3.01. The lowest BCUT2D eigenvalue weighted by atomic mass is 9.81. The van der Waals surface area contributed by atoms with Crippen LogP contribution in [0, 0.1) is 5.41 Å². The summed E-state index contributed by atoms with van der Waals surface area (Å²) in [4.78, 5) is 12.5. The van der Waals surface area contributed by atoms with E-state index >= 15 is 0 Å². The van der Waals surface area contributed by atoms with Crippen molar-refractivity contribution in [3.8, 4) is 5.75 Å². The van der Waals surface area contributed by atoms with Crippen molar-refractivity contribution < 1.29 is 18.3 Å². The number of benzene rings is 1. The summed E-state index contributed by atoms with van der Waals surface area (Å²) in [7, 11) is 0. The molecule has 1 aromatic rings. The molecule has 0 bridgehead atoms. The van der Waals surface area contributed by atoms with Crippen LogP contribution in [0.5, 0.6) is 5.75 Å². The molecule has 4 nitrogen and oxygen atoms in total. The maximum Gasteiger partial charge on any atom is 0.387 e. The van der Waals surface area contributed by atoms with Crippen molar-refractivity contribution >= 4 is 11.6 Å². The highest BCUT2D eigenvalue weighted by atomic mass is 19.3. The summed E-state index contributed by atoms with van der Waals surface area (Å²) in [5, 5.41) is 6.10. The molecule has 1 aliphatic heterocycles. The maximum absolute atomic E-state index is 12.5. The Morgan fingerprint density at radius 2 is 2.14 bits per heavy atom. The molecule has 21 heavy (non-hydrogen) atoms. The second-order valence-electron chi connectivity index (χ2n) is 5.31. The Hall–Kier alpha value is -1.69. The number of carbonyl (C=O) groups is 1. The van der Waals surface area contributed by atoms with Gasteiger partial charge in [-0.15, -0.1) is 0 Å². The fraction of sp³-hybridized carbons (Fsp3) is 0.533. The first kappa shape index (κ1) is 15.7. The van der Waals surface area contributed by atoms with Gasteiger partial charge in [-0.2, -0.15) is 8.78 Å². The van der Waals surface area contributed by atoms with E-state index in [1.54, 1.807) is 12.1 Å². The molecule has 0 aliphatic carbocycles. The van der Waals surface area contributed by atoms with Crippen LogP contribution in [0.2, 0.25) is 0 Å². The highest BCUT2D eigenvalue weighted by molar-refractivity contribution is 5.95. The first-order valence-corrected chi connectivity index (χ1v) is 7.13. The molecule has 1 unspecified atom stereocenters. The van der Waals surface area contributed by atoms with Gasteiger partial charge in [0.05, 0.1) is 5.41 Å². The molecule has 1 heterocycles. The van der Waals surface area contributed by atoms with E-state index in [0.29, 0.717) is 12.2 Å². The fourth-order valence-corrected chi connectivity index (χ4v) is 2.73. The van der Waals surface area contributed by atoms with E-state index in [1.807, 2.05) is 0 Å². The van der Waals surface area contributed by atoms with Crippen LogP contribution in [0.3, 0.4) is 0 Å². The first-order chi connectivity index (χ1) is 10.1. The van der Waals surface area contributed by atoms with Crippen LogP contribution in [0.4, 0.5) is 14.5 Å². The minimum atomic E-state index is -2.84. The van der Waals surface area contributed by atoms with Crippen molar-refractivity contribution in [1.82, 2.24) is 5.32 Å². The summed E-state index contributed by atoms with van der Waals surface area (Å²) >= 11 is 0. The number of rotatable bonds is 6. The van der Waals surface area contributed by atoms with Crippen LogP contribution in [-0.2, 0) is 4.79 Å². The molecule has 1 aromatic carbocycles. The minimum absolute atomic E-state index is 0.0168. The Morgan fingerprint density at radius 1 is 1.43 bits per heavy atom. The van der Waals surface area contributed by atoms with Crippen LogP contribution in [0.1, 0.15) is 26.2 Å². The third-order valence-corrected chi connectivity index (χ3v) is 3.79. The summed E-state index contributed by atoms with van der Waals surface area (Å²) in [5.74, 6) is 0.0608. The van der Waals surface area contributed by atoms with Crippen LogP contribution in [-0.4, -0.2) is 25.6 Å². The third-order valence-electron chi connectivity index (χ3n) is 3.79. The zero-order valence-electron chi connectivity index (χ0n) is 12.0. The summed E-state index contributed by atoms with van der Waals surface area (Å²) < 4.78 is 28.4. The van der Waals surface area contributed by atoms with Gasteiger partial charge in [0.1, 0.15) is 5.75 Å². The summed E-state index contributed by atoms with van der Waals surface area (Å²) in [6, 6.07) is 5.97. The number of ether oxygens (including phenoxy) is 1. The number of hydrogen-bond acceptors (Lipinski definition) is 3. The van der Waals surface area contributed by atoms with Crippen molar-refractivity contribution in [1.29, 1.82) is 0 Å². The molecule has 1 amide bonds. The van der Waals surface area contributed by atoms with Crippen LogP contribution in [0.25, 0.3) is 0 Å².